The van der Waals surface area contributed by atoms with Gasteiger partial charge in [-0.05, 0) is 61.2 Å². The highest BCUT2D eigenvalue weighted by molar-refractivity contribution is 6.30. The Hall–Kier alpha value is -2.28. The standard InChI is InChI=1S/C24H23ClN2O/c1-2-17-7-9-19(10-8-17)22-14-20-16-26(15-18-5-3-6-21(25)13-18)23(28)24(20)11-4-12-27(22)24/h1,3,5-10,13,20,22H,4,11-12,14-16H2/t20-,22-,24-/m0/s1. The quantitative estimate of drug-likeness (QED) is 0.731. The van der Waals surface area contributed by atoms with Gasteiger partial charge in [-0.25, -0.2) is 0 Å². The molecule has 0 unspecified atom stereocenters. The number of carbonyl (C=O) groups excluding carboxylic acids is 1. The lowest BCUT2D eigenvalue weighted by Crippen LogP contribution is -2.49. The molecule has 0 aliphatic carbocycles. The lowest BCUT2D eigenvalue weighted by Gasteiger charge is -2.33. The Balaban J connectivity index is 1.41. The summed E-state index contributed by atoms with van der Waals surface area (Å²) >= 11 is 6.13. The lowest BCUT2D eigenvalue weighted by atomic mass is 9.85. The molecular weight excluding hydrogens is 368 g/mol. The van der Waals surface area contributed by atoms with Crippen LogP contribution in [0, 0.1) is 18.3 Å². The first kappa shape index (κ1) is 17.8. The number of amides is 1. The summed E-state index contributed by atoms with van der Waals surface area (Å²) in [7, 11) is 0. The molecule has 5 rings (SSSR count). The summed E-state index contributed by atoms with van der Waals surface area (Å²) in [6.45, 7) is 2.47. The third-order valence-electron chi connectivity index (χ3n) is 6.85. The van der Waals surface area contributed by atoms with E-state index < -0.39 is 0 Å². The third kappa shape index (κ3) is 2.59. The van der Waals surface area contributed by atoms with Crippen molar-refractivity contribution in [1.82, 2.24) is 9.80 Å². The minimum absolute atomic E-state index is 0.303. The van der Waals surface area contributed by atoms with Gasteiger partial charge in [0, 0.05) is 35.6 Å². The summed E-state index contributed by atoms with van der Waals surface area (Å²) in [5.74, 6) is 3.38. The van der Waals surface area contributed by atoms with Crippen LogP contribution in [0.4, 0.5) is 0 Å². The third-order valence-corrected chi connectivity index (χ3v) is 7.09. The number of nitrogens with zero attached hydrogens (tertiary/aromatic N) is 2. The molecule has 0 saturated carbocycles. The maximum absolute atomic E-state index is 13.6. The van der Waals surface area contributed by atoms with Crippen LogP contribution in [0.5, 0.6) is 0 Å². The summed E-state index contributed by atoms with van der Waals surface area (Å²) in [6.07, 6.45) is 8.60. The van der Waals surface area contributed by atoms with Gasteiger partial charge in [0.2, 0.25) is 5.91 Å². The number of likely N-dealkylation sites (tertiary alicyclic amines) is 1. The maximum Gasteiger partial charge on any atom is 0.243 e. The molecule has 3 atom stereocenters. The zero-order valence-electron chi connectivity index (χ0n) is 15.8. The van der Waals surface area contributed by atoms with Gasteiger partial charge in [-0.15, -0.1) is 6.42 Å². The molecule has 1 amide bonds. The van der Waals surface area contributed by atoms with E-state index in [1.165, 1.54) is 5.56 Å². The first-order valence-electron chi connectivity index (χ1n) is 9.99. The smallest absolute Gasteiger partial charge is 0.243 e. The molecule has 3 aliphatic heterocycles. The van der Waals surface area contributed by atoms with Crippen LogP contribution in [0.3, 0.4) is 0 Å². The van der Waals surface area contributed by atoms with Crippen molar-refractivity contribution in [2.24, 2.45) is 5.92 Å². The van der Waals surface area contributed by atoms with Crippen LogP contribution in [0.15, 0.2) is 48.5 Å². The fourth-order valence-corrected chi connectivity index (χ4v) is 5.90. The normalized spacial score (nSPS) is 29.0. The molecule has 142 valence electrons. The maximum atomic E-state index is 13.6. The number of terminal acetylenes is 1. The monoisotopic (exact) mass is 390 g/mol. The Morgan fingerprint density at radius 3 is 2.79 bits per heavy atom. The van der Waals surface area contributed by atoms with Crippen LogP contribution in [-0.4, -0.2) is 34.3 Å². The number of hydrogen-bond acceptors (Lipinski definition) is 2. The van der Waals surface area contributed by atoms with Gasteiger partial charge < -0.3 is 4.90 Å². The molecule has 3 saturated heterocycles. The Morgan fingerprint density at radius 1 is 1.21 bits per heavy atom. The lowest BCUT2D eigenvalue weighted by molar-refractivity contribution is -0.137. The molecule has 3 fully saturated rings. The molecule has 2 aromatic rings. The van der Waals surface area contributed by atoms with E-state index in [1.54, 1.807) is 0 Å². The average molecular weight is 391 g/mol. The first-order valence-corrected chi connectivity index (χ1v) is 10.4. The van der Waals surface area contributed by atoms with E-state index in [0.717, 1.165) is 48.5 Å². The number of benzene rings is 2. The van der Waals surface area contributed by atoms with Gasteiger partial charge in [-0.1, -0.05) is 41.8 Å². The molecule has 3 aliphatic rings. The molecule has 1 spiro atoms. The second-order valence-corrected chi connectivity index (χ2v) is 8.69. The fourth-order valence-electron chi connectivity index (χ4n) is 5.69. The molecule has 4 heteroatoms. The largest absolute Gasteiger partial charge is 0.336 e. The van der Waals surface area contributed by atoms with Crippen molar-refractivity contribution in [3.63, 3.8) is 0 Å². The SMILES string of the molecule is C#Cc1ccc([C@@H]2C[C@H]3CN(Cc4cccc(Cl)c4)C(=O)[C@]34CCCN24)cc1. The van der Waals surface area contributed by atoms with Crippen LogP contribution in [0.25, 0.3) is 0 Å². The van der Waals surface area contributed by atoms with E-state index in [2.05, 4.69) is 23.0 Å². The summed E-state index contributed by atoms with van der Waals surface area (Å²) in [6, 6.07) is 16.5. The molecule has 3 heterocycles. The van der Waals surface area contributed by atoms with Crippen molar-refractivity contribution < 1.29 is 4.79 Å². The van der Waals surface area contributed by atoms with Crippen LogP contribution in [0.1, 0.15) is 42.0 Å². The second-order valence-electron chi connectivity index (χ2n) is 8.25. The van der Waals surface area contributed by atoms with Crippen molar-refractivity contribution in [3.05, 3.63) is 70.2 Å². The summed E-state index contributed by atoms with van der Waals surface area (Å²) < 4.78 is 0. The van der Waals surface area contributed by atoms with Crippen LogP contribution in [-0.2, 0) is 11.3 Å². The van der Waals surface area contributed by atoms with Crippen LogP contribution in [0.2, 0.25) is 5.02 Å². The molecule has 0 aromatic heterocycles. The van der Waals surface area contributed by atoms with Gasteiger partial charge in [0.1, 0.15) is 5.54 Å². The van der Waals surface area contributed by atoms with Crippen molar-refractivity contribution in [2.75, 3.05) is 13.1 Å². The van der Waals surface area contributed by atoms with E-state index in [1.807, 2.05) is 41.3 Å². The zero-order valence-corrected chi connectivity index (χ0v) is 16.5. The highest BCUT2D eigenvalue weighted by Crippen LogP contribution is 2.56. The predicted molar refractivity (Wildman–Crippen MR) is 111 cm³/mol. The van der Waals surface area contributed by atoms with Crippen molar-refractivity contribution >= 4 is 17.5 Å². The minimum Gasteiger partial charge on any atom is -0.336 e. The Labute approximate surface area is 171 Å². The topological polar surface area (TPSA) is 23.6 Å². The Bertz CT molecular complexity index is 963. The molecule has 0 bridgehead atoms. The van der Waals surface area contributed by atoms with Gasteiger partial charge in [0.05, 0.1) is 0 Å². The molecular formula is C24H23ClN2O. The van der Waals surface area contributed by atoms with Gasteiger partial charge >= 0.3 is 0 Å². The summed E-state index contributed by atoms with van der Waals surface area (Å²) in [4.78, 5) is 18.1. The van der Waals surface area contributed by atoms with E-state index in [-0.39, 0.29) is 5.54 Å². The van der Waals surface area contributed by atoms with Gasteiger partial charge in [0.15, 0.2) is 0 Å². The Morgan fingerprint density at radius 2 is 2.04 bits per heavy atom. The zero-order chi connectivity index (χ0) is 19.3. The molecule has 28 heavy (non-hydrogen) atoms. The van der Waals surface area contributed by atoms with E-state index in [4.69, 9.17) is 18.0 Å². The number of rotatable bonds is 3. The van der Waals surface area contributed by atoms with Crippen LogP contribution >= 0.6 is 11.6 Å². The van der Waals surface area contributed by atoms with Gasteiger partial charge in [0.25, 0.3) is 0 Å². The average Bonchev–Trinajstić information content (AvgIpc) is 3.33. The highest BCUT2D eigenvalue weighted by atomic mass is 35.5. The highest BCUT2D eigenvalue weighted by Gasteiger charge is 2.64. The Kier molecular flexibility index (Phi) is 4.23. The number of carbonyl (C=O) groups is 1. The molecule has 3 nitrogen and oxygen atoms in total. The fraction of sp³-hybridized carbons (Fsp3) is 0.375. The summed E-state index contributed by atoms with van der Waals surface area (Å²) in [5, 5.41) is 0.723. The summed E-state index contributed by atoms with van der Waals surface area (Å²) in [5.41, 5.74) is 2.97. The van der Waals surface area contributed by atoms with E-state index in [9.17, 15) is 4.79 Å². The molecule has 0 radical (unpaired) electrons. The number of hydrogen-bond donors (Lipinski definition) is 0. The van der Waals surface area contributed by atoms with Crippen LogP contribution < -0.4 is 0 Å². The minimum atomic E-state index is -0.311. The van der Waals surface area contributed by atoms with E-state index >= 15 is 0 Å². The van der Waals surface area contributed by atoms with Crippen molar-refractivity contribution in [1.29, 1.82) is 0 Å². The number of halogens is 1. The molecule has 0 N–H and O–H groups in total. The first-order chi connectivity index (χ1) is 13.6. The van der Waals surface area contributed by atoms with E-state index in [0.29, 0.717) is 24.4 Å². The second kappa shape index (κ2) is 6.65. The van der Waals surface area contributed by atoms with Crippen molar-refractivity contribution in [2.45, 2.75) is 37.4 Å². The van der Waals surface area contributed by atoms with Gasteiger partial charge in [-0.2, -0.15) is 0 Å². The van der Waals surface area contributed by atoms with Gasteiger partial charge in [-0.3, -0.25) is 9.69 Å². The predicted octanol–water partition coefficient (Wildman–Crippen LogP) is 4.26. The molecule has 2 aromatic carbocycles. The van der Waals surface area contributed by atoms with Crippen molar-refractivity contribution in [3.8, 4) is 12.3 Å².